The lowest BCUT2D eigenvalue weighted by Gasteiger charge is -2.32. The van der Waals surface area contributed by atoms with Crippen molar-refractivity contribution in [3.63, 3.8) is 0 Å². The molecular weight excluding hydrogens is 286 g/mol. The molecule has 1 aliphatic carbocycles. The summed E-state index contributed by atoms with van der Waals surface area (Å²) >= 11 is 0. The molecule has 1 aromatic heterocycles. The molecular formula is C15H27N3O2S. The molecule has 6 heteroatoms. The number of aryl methyl sites for hydroxylation is 1. The van der Waals surface area contributed by atoms with Gasteiger partial charge in [-0.1, -0.05) is 13.8 Å². The molecule has 1 aliphatic rings. The molecule has 2 N–H and O–H groups in total. The quantitative estimate of drug-likeness (QED) is 0.872. The zero-order valence-electron chi connectivity index (χ0n) is 13.4. The first-order valence-electron chi connectivity index (χ1n) is 7.65. The van der Waals surface area contributed by atoms with Crippen molar-refractivity contribution < 1.29 is 8.42 Å². The summed E-state index contributed by atoms with van der Waals surface area (Å²) in [5.41, 5.74) is 0.961. The second-order valence-electron chi connectivity index (χ2n) is 6.43. The summed E-state index contributed by atoms with van der Waals surface area (Å²) in [4.78, 5) is 0.362. The van der Waals surface area contributed by atoms with Crippen molar-refractivity contribution in [2.75, 3.05) is 7.05 Å². The van der Waals surface area contributed by atoms with Crippen molar-refractivity contribution in [3.05, 3.63) is 18.0 Å². The molecule has 1 heterocycles. The van der Waals surface area contributed by atoms with Gasteiger partial charge in [-0.15, -0.1) is 0 Å². The van der Waals surface area contributed by atoms with Crippen LogP contribution in [0.4, 0.5) is 0 Å². The van der Waals surface area contributed by atoms with Crippen molar-refractivity contribution in [1.82, 2.24) is 14.6 Å². The van der Waals surface area contributed by atoms with Gasteiger partial charge in [-0.25, -0.2) is 13.1 Å². The van der Waals surface area contributed by atoms with Gasteiger partial charge in [0.15, 0.2) is 0 Å². The highest BCUT2D eigenvalue weighted by molar-refractivity contribution is 7.89. The number of hydrogen-bond donors (Lipinski definition) is 2. The Morgan fingerprint density at radius 3 is 2.67 bits per heavy atom. The van der Waals surface area contributed by atoms with E-state index in [2.05, 4.69) is 23.9 Å². The lowest BCUT2D eigenvalue weighted by Crippen LogP contribution is -2.42. The minimum absolute atomic E-state index is 0.0548. The number of nitrogens with zero attached hydrogens (tertiary/aromatic N) is 1. The molecule has 2 rings (SSSR count). The third kappa shape index (κ3) is 3.87. The summed E-state index contributed by atoms with van der Waals surface area (Å²) in [6, 6.07) is 1.80. The van der Waals surface area contributed by atoms with Crippen LogP contribution in [-0.2, 0) is 23.6 Å². The van der Waals surface area contributed by atoms with E-state index in [0.29, 0.717) is 23.3 Å². The first kappa shape index (κ1) is 16.5. The van der Waals surface area contributed by atoms with Crippen LogP contribution in [0, 0.1) is 11.8 Å². The van der Waals surface area contributed by atoms with Crippen molar-refractivity contribution in [2.45, 2.75) is 50.6 Å². The summed E-state index contributed by atoms with van der Waals surface area (Å²) < 4.78 is 29.9. The van der Waals surface area contributed by atoms with E-state index in [-0.39, 0.29) is 6.04 Å². The van der Waals surface area contributed by atoms with Crippen molar-refractivity contribution >= 4 is 10.0 Å². The maximum Gasteiger partial charge on any atom is 0.242 e. The Kier molecular flexibility index (Phi) is 5.11. The number of rotatable bonds is 5. The first-order chi connectivity index (χ1) is 9.83. The monoisotopic (exact) mass is 313 g/mol. The topological polar surface area (TPSA) is 63.1 Å². The van der Waals surface area contributed by atoms with Crippen LogP contribution >= 0.6 is 0 Å². The summed E-state index contributed by atoms with van der Waals surface area (Å²) in [6.45, 7) is 5.03. The Morgan fingerprint density at radius 1 is 1.33 bits per heavy atom. The fourth-order valence-electron chi connectivity index (χ4n) is 3.19. The van der Waals surface area contributed by atoms with Crippen LogP contribution in [0.3, 0.4) is 0 Å². The lowest BCUT2D eigenvalue weighted by molar-refractivity contribution is 0.249. The lowest BCUT2D eigenvalue weighted by atomic mass is 9.80. The zero-order valence-corrected chi connectivity index (χ0v) is 14.2. The van der Waals surface area contributed by atoms with Crippen molar-refractivity contribution in [1.29, 1.82) is 0 Å². The summed E-state index contributed by atoms with van der Waals surface area (Å²) in [7, 11) is 0.294. The van der Waals surface area contributed by atoms with Crippen LogP contribution in [0.1, 0.15) is 38.8 Å². The van der Waals surface area contributed by atoms with Gasteiger partial charge in [0.2, 0.25) is 10.0 Å². The Balaban J connectivity index is 2.13. The molecule has 1 aromatic rings. The smallest absolute Gasteiger partial charge is 0.242 e. The summed E-state index contributed by atoms with van der Waals surface area (Å²) in [5, 5.41) is 3.05. The molecule has 0 amide bonds. The van der Waals surface area contributed by atoms with E-state index in [1.165, 1.54) is 0 Å². The highest BCUT2D eigenvalue weighted by Crippen LogP contribution is 2.29. The normalized spacial score (nSPS) is 27.0. The van der Waals surface area contributed by atoms with Gasteiger partial charge in [-0.3, -0.25) is 0 Å². The van der Waals surface area contributed by atoms with Crippen LogP contribution in [-0.4, -0.2) is 26.1 Å². The molecule has 120 valence electrons. The standard InChI is InChI=1S/C15H27N3O2S/c1-11-5-6-15(12(2)7-11)17-21(19,20)14-8-13(9-16-3)18(4)10-14/h8,10-12,15-17H,5-7,9H2,1-4H3. The molecule has 0 bridgehead atoms. The maximum atomic E-state index is 12.6. The number of hydrogen-bond acceptors (Lipinski definition) is 3. The third-order valence-corrected chi connectivity index (χ3v) is 5.95. The molecule has 0 spiro atoms. The van der Waals surface area contributed by atoms with Gasteiger partial charge in [0, 0.05) is 31.5 Å². The van der Waals surface area contributed by atoms with E-state index < -0.39 is 10.0 Å². The first-order valence-corrected chi connectivity index (χ1v) is 9.14. The van der Waals surface area contributed by atoms with E-state index in [1.807, 2.05) is 18.7 Å². The van der Waals surface area contributed by atoms with E-state index in [4.69, 9.17) is 0 Å². The Labute approximate surface area is 128 Å². The van der Waals surface area contributed by atoms with Gasteiger partial charge in [0.05, 0.1) is 4.90 Å². The maximum absolute atomic E-state index is 12.6. The summed E-state index contributed by atoms with van der Waals surface area (Å²) in [6.07, 6.45) is 4.80. The second kappa shape index (κ2) is 6.50. The minimum atomic E-state index is -3.43. The fourth-order valence-corrected chi connectivity index (χ4v) is 4.66. The van der Waals surface area contributed by atoms with Gasteiger partial charge < -0.3 is 9.88 Å². The second-order valence-corrected chi connectivity index (χ2v) is 8.15. The molecule has 0 radical (unpaired) electrons. The minimum Gasteiger partial charge on any atom is -0.352 e. The predicted octanol–water partition coefficient (Wildman–Crippen LogP) is 1.85. The molecule has 1 saturated carbocycles. The molecule has 0 saturated heterocycles. The molecule has 21 heavy (non-hydrogen) atoms. The van der Waals surface area contributed by atoms with E-state index in [0.717, 1.165) is 25.0 Å². The average molecular weight is 313 g/mol. The van der Waals surface area contributed by atoms with Gasteiger partial charge in [-0.05, 0) is 44.2 Å². The zero-order chi connectivity index (χ0) is 15.6. The van der Waals surface area contributed by atoms with Crippen LogP contribution in [0.5, 0.6) is 0 Å². The Morgan fingerprint density at radius 2 is 2.05 bits per heavy atom. The van der Waals surface area contributed by atoms with Gasteiger partial charge >= 0.3 is 0 Å². The fraction of sp³-hybridized carbons (Fsp3) is 0.733. The van der Waals surface area contributed by atoms with Gasteiger partial charge in [0.1, 0.15) is 0 Å². The third-order valence-electron chi connectivity index (χ3n) is 4.49. The van der Waals surface area contributed by atoms with Crippen molar-refractivity contribution in [3.8, 4) is 0 Å². The van der Waals surface area contributed by atoms with Gasteiger partial charge in [-0.2, -0.15) is 0 Å². The van der Waals surface area contributed by atoms with E-state index in [1.54, 1.807) is 12.3 Å². The number of sulfonamides is 1. The largest absolute Gasteiger partial charge is 0.352 e. The Hall–Kier alpha value is -0.850. The molecule has 3 unspecified atom stereocenters. The molecule has 3 atom stereocenters. The highest BCUT2D eigenvalue weighted by atomic mass is 32.2. The molecule has 1 fully saturated rings. The van der Waals surface area contributed by atoms with E-state index in [9.17, 15) is 8.42 Å². The highest BCUT2D eigenvalue weighted by Gasteiger charge is 2.29. The number of aromatic nitrogens is 1. The van der Waals surface area contributed by atoms with Crippen LogP contribution in [0.25, 0.3) is 0 Å². The predicted molar refractivity (Wildman–Crippen MR) is 84.5 cm³/mol. The van der Waals surface area contributed by atoms with Gasteiger partial charge in [0.25, 0.3) is 0 Å². The number of nitrogens with one attached hydrogen (secondary N) is 2. The SMILES string of the molecule is CNCc1cc(S(=O)(=O)NC2CCC(C)CC2C)cn1C. The van der Waals surface area contributed by atoms with E-state index >= 15 is 0 Å². The average Bonchev–Trinajstić information content (AvgIpc) is 2.76. The van der Waals surface area contributed by atoms with Crippen molar-refractivity contribution in [2.24, 2.45) is 18.9 Å². The molecule has 5 nitrogen and oxygen atoms in total. The molecule has 0 aliphatic heterocycles. The van der Waals surface area contributed by atoms with Crippen LogP contribution in [0.15, 0.2) is 17.2 Å². The van der Waals surface area contributed by atoms with Crippen LogP contribution in [0.2, 0.25) is 0 Å². The summed E-state index contributed by atoms with van der Waals surface area (Å²) in [5.74, 6) is 1.09. The molecule has 0 aromatic carbocycles. The Bertz CT molecular complexity index is 580. The van der Waals surface area contributed by atoms with Crippen LogP contribution < -0.4 is 10.0 Å².